The second-order valence-electron chi connectivity index (χ2n) is 5.78. The predicted octanol–water partition coefficient (Wildman–Crippen LogP) is 4.95. The Morgan fingerprint density at radius 2 is 1.62 bits per heavy atom. The van der Waals surface area contributed by atoms with Crippen LogP contribution >= 0.6 is 11.3 Å². The lowest BCUT2D eigenvalue weighted by molar-refractivity contribution is 0.0748. The molecule has 1 amide bonds. The quantitative estimate of drug-likeness (QED) is 0.675. The summed E-state index contributed by atoms with van der Waals surface area (Å²) < 4.78 is 0. The highest BCUT2D eigenvalue weighted by molar-refractivity contribution is 7.14. The third kappa shape index (κ3) is 3.24. The predicted molar refractivity (Wildman–Crippen MR) is 99.2 cm³/mol. The Morgan fingerprint density at radius 3 is 2.25 bits per heavy atom. The summed E-state index contributed by atoms with van der Waals surface area (Å²) in [6.07, 6.45) is 0. The van der Waals surface area contributed by atoms with Crippen LogP contribution in [0.3, 0.4) is 0 Å². The van der Waals surface area contributed by atoms with Crippen molar-refractivity contribution in [3.63, 3.8) is 0 Å². The van der Waals surface area contributed by atoms with Crippen LogP contribution in [0.4, 0.5) is 0 Å². The standard InChI is InChI=1S/C20H20N2OS/c1-14(16-10-6-4-7-11-16)22(3)20(23)19-18(21-15(2)24-19)17-12-8-5-9-13-17/h4-14H,1-3H3. The molecule has 1 unspecified atom stereocenters. The largest absolute Gasteiger partial charge is 0.334 e. The molecule has 1 atom stereocenters. The molecule has 2 aromatic carbocycles. The molecule has 0 aliphatic heterocycles. The molecule has 4 heteroatoms. The van der Waals surface area contributed by atoms with Crippen LogP contribution in [0, 0.1) is 6.92 Å². The SMILES string of the molecule is Cc1nc(-c2ccccc2)c(C(=O)N(C)C(C)c2ccccc2)s1. The van der Waals surface area contributed by atoms with E-state index in [1.165, 1.54) is 11.3 Å². The van der Waals surface area contributed by atoms with Crippen LogP contribution in [0.15, 0.2) is 60.7 Å². The van der Waals surface area contributed by atoms with Crippen molar-refractivity contribution < 1.29 is 4.79 Å². The van der Waals surface area contributed by atoms with Crippen molar-refractivity contribution in [2.45, 2.75) is 19.9 Å². The summed E-state index contributed by atoms with van der Waals surface area (Å²) in [6, 6.07) is 20.0. The second kappa shape index (κ2) is 6.97. The summed E-state index contributed by atoms with van der Waals surface area (Å²) in [5.74, 6) is 0.0100. The van der Waals surface area contributed by atoms with Gasteiger partial charge in [0.1, 0.15) is 4.88 Å². The first-order valence-electron chi connectivity index (χ1n) is 7.93. The van der Waals surface area contributed by atoms with E-state index >= 15 is 0 Å². The molecule has 3 rings (SSSR count). The molecule has 0 aliphatic carbocycles. The van der Waals surface area contributed by atoms with Gasteiger partial charge in [0, 0.05) is 12.6 Å². The van der Waals surface area contributed by atoms with E-state index in [0.717, 1.165) is 21.8 Å². The first-order chi connectivity index (χ1) is 11.6. The Balaban J connectivity index is 1.93. The van der Waals surface area contributed by atoms with Gasteiger partial charge in [0.15, 0.2) is 0 Å². The molecule has 24 heavy (non-hydrogen) atoms. The number of rotatable bonds is 4. The van der Waals surface area contributed by atoms with Gasteiger partial charge in [-0.15, -0.1) is 11.3 Å². The number of hydrogen-bond acceptors (Lipinski definition) is 3. The number of benzene rings is 2. The van der Waals surface area contributed by atoms with Gasteiger partial charge in [-0.2, -0.15) is 0 Å². The number of carbonyl (C=O) groups excluding carboxylic acids is 1. The molecule has 1 aromatic heterocycles. The maximum Gasteiger partial charge on any atom is 0.266 e. The molecule has 0 fully saturated rings. The lowest BCUT2D eigenvalue weighted by Crippen LogP contribution is -2.29. The molecule has 0 saturated carbocycles. The van der Waals surface area contributed by atoms with E-state index in [1.807, 2.05) is 81.6 Å². The van der Waals surface area contributed by atoms with Crippen LogP contribution in [-0.2, 0) is 0 Å². The van der Waals surface area contributed by atoms with Gasteiger partial charge in [-0.1, -0.05) is 60.7 Å². The van der Waals surface area contributed by atoms with E-state index in [4.69, 9.17) is 0 Å². The summed E-state index contributed by atoms with van der Waals surface area (Å²) in [7, 11) is 1.85. The molecule has 0 spiro atoms. The summed E-state index contributed by atoms with van der Waals surface area (Å²) in [4.78, 5) is 20.1. The first kappa shape index (κ1) is 16.4. The topological polar surface area (TPSA) is 33.2 Å². The van der Waals surface area contributed by atoms with Crippen molar-refractivity contribution in [3.8, 4) is 11.3 Å². The first-order valence-corrected chi connectivity index (χ1v) is 8.74. The van der Waals surface area contributed by atoms with Gasteiger partial charge in [0.2, 0.25) is 0 Å². The monoisotopic (exact) mass is 336 g/mol. The third-order valence-corrected chi connectivity index (χ3v) is 5.12. The summed E-state index contributed by atoms with van der Waals surface area (Å²) in [5.41, 5.74) is 2.87. The normalized spacial score (nSPS) is 12.0. The number of hydrogen-bond donors (Lipinski definition) is 0. The van der Waals surface area contributed by atoms with E-state index in [-0.39, 0.29) is 11.9 Å². The maximum absolute atomic E-state index is 13.1. The second-order valence-corrected chi connectivity index (χ2v) is 6.98. The van der Waals surface area contributed by atoms with Gasteiger partial charge >= 0.3 is 0 Å². The van der Waals surface area contributed by atoms with Crippen molar-refractivity contribution in [1.82, 2.24) is 9.88 Å². The van der Waals surface area contributed by atoms with Crippen LogP contribution in [-0.4, -0.2) is 22.8 Å². The van der Waals surface area contributed by atoms with Crippen molar-refractivity contribution >= 4 is 17.2 Å². The van der Waals surface area contributed by atoms with Gasteiger partial charge in [0.25, 0.3) is 5.91 Å². The fraction of sp³-hybridized carbons (Fsp3) is 0.200. The van der Waals surface area contributed by atoms with Crippen LogP contribution in [0.5, 0.6) is 0 Å². The molecule has 1 heterocycles. The van der Waals surface area contributed by atoms with Crippen LogP contribution in [0.25, 0.3) is 11.3 Å². The average Bonchev–Trinajstić information content (AvgIpc) is 3.03. The van der Waals surface area contributed by atoms with Gasteiger partial charge in [-0.25, -0.2) is 4.98 Å². The van der Waals surface area contributed by atoms with Crippen molar-refractivity contribution in [1.29, 1.82) is 0 Å². The van der Waals surface area contributed by atoms with Gasteiger partial charge in [-0.05, 0) is 19.4 Å². The van der Waals surface area contributed by atoms with Crippen LogP contribution in [0.1, 0.15) is 33.2 Å². The van der Waals surface area contributed by atoms with Crippen molar-refractivity contribution in [2.75, 3.05) is 7.05 Å². The molecule has 0 N–H and O–H groups in total. The van der Waals surface area contributed by atoms with Crippen LogP contribution in [0.2, 0.25) is 0 Å². The Kier molecular flexibility index (Phi) is 4.76. The highest BCUT2D eigenvalue weighted by atomic mass is 32.1. The third-order valence-electron chi connectivity index (χ3n) is 4.16. The highest BCUT2D eigenvalue weighted by Gasteiger charge is 2.24. The molecule has 0 aliphatic rings. The fourth-order valence-electron chi connectivity index (χ4n) is 2.65. The number of amides is 1. The molecule has 0 radical (unpaired) electrons. The van der Waals surface area contributed by atoms with E-state index in [9.17, 15) is 4.79 Å². The molecule has 0 saturated heterocycles. The zero-order chi connectivity index (χ0) is 17.1. The zero-order valence-corrected chi connectivity index (χ0v) is 14.9. The average molecular weight is 336 g/mol. The molecule has 3 nitrogen and oxygen atoms in total. The molecule has 3 aromatic rings. The minimum Gasteiger partial charge on any atom is -0.334 e. The Bertz CT molecular complexity index is 827. The van der Waals surface area contributed by atoms with Crippen molar-refractivity contribution in [2.24, 2.45) is 0 Å². The fourth-order valence-corrected chi connectivity index (χ4v) is 3.58. The summed E-state index contributed by atoms with van der Waals surface area (Å²) in [6.45, 7) is 3.98. The number of aryl methyl sites for hydroxylation is 1. The van der Waals surface area contributed by atoms with Crippen molar-refractivity contribution in [3.05, 3.63) is 76.1 Å². The molecule has 0 bridgehead atoms. The van der Waals surface area contributed by atoms with Crippen LogP contribution < -0.4 is 0 Å². The summed E-state index contributed by atoms with van der Waals surface area (Å²) >= 11 is 1.46. The Hall–Kier alpha value is -2.46. The number of nitrogens with zero attached hydrogens (tertiary/aromatic N) is 2. The number of carbonyl (C=O) groups is 1. The van der Waals surface area contributed by atoms with E-state index < -0.39 is 0 Å². The molecule has 122 valence electrons. The van der Waals surface area contributed by atoms with Gasteiger partial charge in [-0.3, -0.25) is 4.79 Å². The molecular weight excluding hydrogens is 316 g/mol. The highest BCUT2D eigenvalue weighted by Crippen LogP contribution is 2.31. The van der Waals surface area contributed by atoms with E-state index in [2.05, 4.69) is 4.98 Å². The van der Waals surface area contributed by atoms with E-state index in [1.54, 1.807) is 4.90 Å². The smallest absolute Gasteiger partial charge is 0.266 e. The molecular formula is C20H20N2OS. The van der Waals surface area contributed by atoms with E-state index in [0.29, 0.717) is 4.88 Å². The lowest BCUT2D eigenvalue weighted by Gasteiger charge is -2.25. The Labute approximate surface area is 146 Å². The zero-order valence-electron chi connectivity index (χ0n) is 14.1. The maximum atomic E-state index is 13.1. The summed E-state index contributed by atoms with van der Waals surface area (Å²) in [5, 5.41) is 0.901. The minimum atomic E-state index is 0.00438. The minimum absolute atomic E-state index is 0.00438. The number of aromatic nitrogens is 1. The number of thiazole rings is 1. The Morgan fingerprint density at radius 1 is 1.04 bits per heavy atom. The van der Waals surface area contributed by atoms with Gasteiger partial charge < -0.3 is 4.90 Å². The van der Waals surface area contributed by atoms with Gasteiger partial charge in [0.05, 0.1) is 16.7 Å². The lowest BCUT2D eigenvalue weighted by atomic mass is 10.1.